The van der Waals surface area contributed by atoms with E-state index in [0.717, 1.165) is 38.6 Å². The second-order valence-corrected chi connectivity index (χ2v) is 7.61. The van der Waals surface area contributed by atoms with E-state index in [1.807, 2.05) is 11.3 Å². The standard InChI is InChI=1S/C16H28N4S/c1-4-5-14-15(10-17-13-6-7-13)21-16(18-14)20-9-8-19(3)12(2)11-20/h12-13,17H,4-11H2,1-3H3. The minimum atomic E-state index is 0.616. The number of nitrogens with zero attached hydrogens (tertiary/aromatic N) is 3. The van der Waals surface area contributed by atoms with Gasteiger partial charge in [-0.25, -0.2) is 4.98 Å². The summed E-state index contributed by atoms with van der Waals surface area (Å²) in [6, 6.07) is 1.39. The normalized spacial score (nSPS) is 23.8. The summed E-state index contributed by atoms with van der Waals surface area (Å²) in [5.74, 6) is 0. The zero-order chi connectivity index (χ0) is 14.8. The van der Waals surface area contributed by atoms with Crippen molar-refractivity contribution >= 4 is 16.5 Å². The zero-order valence-electron chi connectivity index (χ0n) is 13.6. The Morgan fingerprint density at radius 3 is 2.81 bits per heavy atom. The van der Waals surface area contributed by atoms with Crippen LogP contribution in [0.5, 0.6) is 0 Å². The number of thiazole rings is 1. The van der Waals surface area contributed by atoms with Crippen LogP contribution in [-0.2, 0) is 13.0 Å². The third kappa shape index (κ3) is 3.76. The van der Waals surface area contributed by atoms with Crippen LogP contribution >= 0.6 is 11.3 Å². The van der Waals surface area contributed by atoms with Crippen LogP contribution in [0.25, 0.3) is 0 Å². The van der Waals surface area contributed by atoms with Gasteiger partial charge in [0.1, 0.15) is 0 Å². The highest BCUT2D eigenvalue weighted by Crippen LogP contribution is 2.30. The van der Waals surface area contributed by atoms with Crippen LogP contribution in [-0.4, -0.2) is 48.6 Å². The molecule has 118 valence electrons. The molecule has 1 N–H and O–H groups in total. The Balaban J connectivity index is 1.70. The topological polar surface area (TPSA) is 31.4 Å². The fourth-order valence-corrected chi connectivity index (χ4v) is 3.91. The molecule has 1 aliphatic heterocycles. The number of aromatic nitrogens is 1. The summed E-state index contributed by atoms with van der Waals surface area (Å²) in [5, 5.41) is 4.89. The Labute approximate surface area is 132 Å². The van der Waals surface area contributed by atoms with Crippen LogP contribution in [0.3, 0.4) is 0 Å². The monoisotopic (exact) mass is 308 g/mol. The molecule has 21 heavy (non-hydrogen) atoms. The predicted molar refractivity (Wildman–Crippen MR) is 90.3 cm³/mol. The maximum atomic E-state index is 4.97. The van der Waals surface area contributed by atoms with E-state index in [4.69, 9.17) is 4.98 Å². The highest BCUT2D eigenvalue weighted by atomic mass is 32.1. The first-order valence-electron chi connectivity index (χ1n) is 8.34. The van der Waals surface area contributed by atoms with Gasteiger partial charge in [0.2, 0.25) is 0 Å². The van der Waals surface area contributed by atoms with Crippen LogP contribution in [0.1, 0.15) is 43.7 Å². The van der Waals surface area contributed by atoms with Gasteiger partial charge < -0.3 is 15.1 Å². The molecule has 1 unspecified atom stereocenters. The van der Waals surface area contributed by atoms with E-state index in [1.165, 1.54) is 35.0 Å². The van der Waals surface area contributed by atoms with Crippen molar-refractivity contribution in [1.29, 1.82) is 0 Å². The van der Waals surface area contributed by atoms with E-state index in [-0.39, 0.29) is 0 Å². The summed E-state index contributed by atoms with van der Waals surface area (Å²) >= 11 is 1.91. The lowest BCUT2D eigenvalue weighted by molar-refractivity contribution is 0.234. The van der Waals surface area contributed by atoms with Crippen molar-refractivity contribution in [3.63, 3.8) is 0 Å². The molecule has 2 fully saturated rings. The summed E-state index contributed by atoms with van der Waals surface area (Å²) in [5.41, 5.74) is 1.33. The van der Waals surface area contributed by atoms with Gasteiger partial charge in [-0.15, -0.1) is 11.3 Å². The minimum absolute atomic E-state index is 0.616. The Kier molecular flexibility index (Phi) is 4.82. The van der Waals surface area contributed by atoms with Crippen molar-refractivity contribution in [3.05, 3.63) is 10.6 Å². The molecule has 1 aromatic heterocycles. The molecular formula is C16H28N4S. The molecule has 0 radical (unpaired) electrons. The Bertz CT molecular complexity index is 469. The molecule has 0 amide bonds. The van der Waals surface area contributed by atoms with Crippen molar-refractivity contribution in [2.45, 2.75) is 58.2 Å². The molecule has 0 bridgehead atoms. The Hall–Kier alpha value is -0.650. The van der Waals surface area contributed by atoms with E-state index in [9.17, 15) is 0 Å². The molecule has 1 saturated carbocycles. The van der Waals surface area contributed by atoms with Gasteiger partial charge in [0, 0.05) is 43.1 Å². The lowest BCUT2D eigenvalue weighted by Crippen LogP contribution is -2.50. The average Bonchev–Trinajstić information content (AvgIpc) is 3.21. The quantitative estimate of drug-likeness (QED) is 0.875. The number of hydrogen-bond donors (Lipinski definition) is 1. The first-order valence-corrected chi connectivity index (χ1v) is 9.16. The van der Waals surface area contributed by atoms with E-state index in [0.29, 0.717) is 6.04 Å². The number of likely N-dealkylation sites (N-methyl/N-ethyl adjacent to an activating group) is 1. The van der Waals surface area contributed by atoms with Gasteiger partial charge in [-0.3, -0.25) is 0 Å². The largest absolute Gasteiger partial charge is 0.345 e. The van der Waals surface area contributed by atoms with Gasteiger partial charge in [0.15, 0.2) is 5.13 Å². The van der Waals surface area contributed by atoms with Gasteiger partial charge in [0.05, 0.1) is 5.69 Å². The molecule has 0 aromatic carbocycles. The van der Waals surface area contributed by atoms with Gasteiger partial charge in [-0.1, -0.05) is 13.3 Å². The molecule has 1 atom stereocenters. The molecule has 2 aliphatic rings. The maximum Gasteiger partial charge on any atom is 0.185 e. The molecule has 1 aliphatic carbocycles. The summed E-state index contributed by atoms with van der Waals surface area (Å²) in [6.07, 6.45) is 5.00. The number of rotatable bonds is 6. The van der Waals surface area contributed by atoms with Crippen LogP contribution in [0.15, 0.2) is 0 Å². The second kappa shape index (κ2) is 6.63. The Morgan fingerprint density at radius 2 is 2.14 bits per heavy atom. The number of nitrogens with one attached hydrogen (secondary N) is 1. The Morgan fingerprint density at radius 1 is 1.33 bits per heavy atom. The predicted octanol–water partition coefficient (Wildman–Crippen LogP) is 2.49. The molecule has 1 aromatic rings. The van der Waals surface area contributed by atoms with E-state index in [2.05, 4.69) is 36.0 Å². The van der Waals surface area contributed by atoms with Crippen molar-refractivity contribution in [3.8, 4) is 0 Å². The van der Waals surface area contributed by atoms with E-state index >= 15 is 0 Å². The highest BCUT2D eigenvalue weighted by molar-refractivity contribution is 7.15. The van der Waals surface area contributed by atoms with Crippen LogP contribution in [0.2, 0.25) is 0 Å². The smallest absolute Gasteiger partial charge is 0.185 e. The van der Waals surface area contributed by atoms with Crippen molar-refractivity contribution < 1.29 is 0 Å². The van der Waals surface area contributed by atoms with Crippen LogP contribution in [0.4, 0.5) is 5.13 Å². The second-order valence-electron chi connectivity index (χ2n) is 6.55. The summed E-state index contributed by atoms with van der Waals surface area (Å²) in [6.45, 7) is 8.91. The summed E-state index contributed by atoms with van der Waals surface area (Å²) in [7, 11) is 2.22. The SMILES string of the molecule is CCCc1nc(N2CCN(C)C(C)C2)sc1CNC1CC1. The van der Waals surface area contributed by atoms with Gasteiger partial charge >= 0.3 is 0 Å². The number of piperazine rings is 1. The number of anilines is 1. The third-order valence-electron chi connectivity index (χ3n) is 4.61. The van der Waals surface area contributed by atoms with Crippen molar-refractivity contribution in [2.75, 3.05) is 31.6 Å². The summed E-state index contributed by atoms with van der Waals surface area (Å²) in [4.78, 5) is 11.3. The minimum Gasteiger partial charge on any atom is -0.345 e. The van der Waals surface area contributed by atoms with Gasteiger partial charge in [-0.05, 0) is 33.2 Å². The van der Waals surface area contributed by atoms with Crippen molar-refractivity contribution in [2.24, 2.45) is 0 Å². The molecule has 2 heterocycles. The lowest BCUT2D eigenvalue weighted by Gasteiger charge is -2.37. The average molecular weight is 308 g/mol. The highest BCUT2D eigenvalue weighted by Gasteiger charge is 2.25. The lowest BCUT2D eigenvalue weighted by atomic mass is 10.2. The fraction of sp³-hybridized carbons (Fsp3) is 0.812. The molecule has 5 heteroatoms. The molecule has 0 spiro atoms. The number of aryl methyl sites for hydroxylation is 1. The molecular weight excluding hydrogens is 280 g/mol. The van der Waals surface area contributed by atoms with Gasteiger partial charge in [-0.2, -0.15) is 0 Å². The third-order valence-corrected chi connectivity index (χ3v) is 5.77. The number of hydrogen-bond acceptors (Lipinski definition) is 5. The van der Waals surface area contributed by atoms with E-state index < -0.39 is 0 Å². The summed E-state index contributed by atoms with van der Waals surface area (Å²) < 4.78 is 0. The van der Waals surface area contributed by atoms with Crippen LogP contribution < -0.4 is 10.2 Å². The fourth-order valence-electron chi connectivity index (χ4n) is 2.82. The first-order chi connectivity index (χ1) is 10.2. The van der Waals surface area contributed by atoms with E-state index in [1.54, 1.807) is 0 Å². The molecule has 4 nitrogen and oxygen atoms in total. The molecule has 1 saturated heterocycles. The van der Waals surface area contributed by atoms with Crippen LogP contribution in [0, 0.1) is 0 Å². The first kappa shape index (κ1) is 15.3. The maximum absolute atomic E-state index is 4.97. The molecule has 3 rings (SSSR count). The van der Waals surface area contributed by atoms with Gasteiger partial charge in [0.25, 0.3) is 0 Å². The zero-order valence-corrected chi connectivity index (χ0v) is 14.4. The van der Waals surface area contributed by atoms with Crippen molar-refractivity contribution in [1.82, 2.24) is 15.2 Å².